The zero-order valence-corrected chi connectivity index (χ0v) is 44.1. The topological polar surface area (TPSA) is 159 Å². The highest BCUT2D eigenvalue weighted by molar-refractivity contribution is 5.96. The van der Waals surface area contributed by atoms with E-state index in [0.717, 1.165) is 82.6 Å². The van der Waals surface area contributed by atoms with Gasteiger partial charge in [0.1, 0.15) is 18.1 Å². The smallest absolute Gasteiger partial charge is 0.324 e. The number of fused-ring (bicyclic) bond motifs is 6. The van der Waals surface area contributed by atoms with Gasteiger partial charge in [-0.2, -0.15) is 0 Å². The monoisotopic (exact) mass is 973 g/mol. The van der Waals surface area contributed by atoms with E-state index in [2.05, 4.69) is 84.3 Å². The molecule has 5 heterocycles. The van der Waals surface area contributed by atoms with Gasteiger partial charge in [0.15, 0.2) is 0 Å². The van der Waals surface area contributed by atoms with E-state index in [1.165, 1.54) is 9.91 Å². The molecular weight excluding hydrogens is 897 g/mol. The van der Waals surface area contributed by atoms with Crippen molar-refractivity contribution in [3.05, 3.63) is 77.6 Å². The van der Waals surface area contributed by atoms with Crippen LogP contribution in [-0.4, -0.2) is 138 Å². The van der Waals surface area contributed by atoms with Crippen molar-refractivity contribution in [1.29, 1.82) is 0 Å². The molecule has 2 aromatic heterocycles. The van der Waals surface area contributed by atoms with E-state index < -0.39 is 35.4 Å². The number of nitrogens with zero attached hydrogens (tertiary/aromatic N) is 6. The molecule has 6 bridgehead atoms. The Hall–Kier alpha value is -6.08. The summed E-state index contributed by atoms with van der Waals surface area (Å²) in [6, 6.07) is 16.1. The number of likely N-dealkylation sites (N-methyl/N-ethyl adjacent to an activating group) is 1. The summed E-state index contributed by atoms with van der Waals surface area (Å²) in [6.07, 6.45) is 6.30. The third-order valence-electron chi connectivity index (χ3n) is 14.1. The summed E-state index contributed by atoms with van der Waals surface area (Å²) in [5.74, 6) is 4.32. The Kier molecular flexibility index (Phi) is 17.9. The van der Waals surface area contributed by atoms with Crippen LogP contribution in [0.25, 0.3) is 33.3 Å². The number of cyclic esters (lactones) is 1. The minimum Gasteiger partial charge on any atom is -0.464 e. The van der Waals surface area contributed by atoms with Crippen molar-refractivity contribution in [2.24, 2.45) is 11.3 Å². The molecule has 382 valence electrons. The van der Waals surface area contributed by atoms with Gasteiger partial charge >= 0.3 is 5.97 Å². The first-order valence-electron chi connectivity index (χ1n) is 25.1. The fraction of sp³-hybridized carbons (Fsp3) is 0.536. The lowest BCUT2D eigenvalue weighted by Crippen LogP contribution is -2.61. The van der Waals surface area contributed by atoms with E-state index in [4.69, 9.17) is 14.5 Å². The van der Waals surface area contributed by atoms with E-state index in [9.17, 15) is 24.0 Å². The highest BCUT2D eigenvalue weighted by Crippen LogP contribution is 2.42. The van der Waals surface area contributed by atoms with E-state index >= 15 is 0 Å². The van der Waals surface area contributed by atoms with Crippen molar-refractivity contribution in [2.45, 2.75) is 130 Å². The van der Waals surface area contributed by atoms with Crippen LogP contribution in [0.2, 0.25) is 0 Å². The maximum atomic E-state index is 14.3. The number of likely N-dealkylation sites (tertiary alicyclic amines) is 1. The van der Waals surface area contributed by atoms with Crippen molar-refractivity contribution in [1.82, 2.24) is 40.0 Å². The number of hydrazine groups is 1. The summed E-state index contributed by atoms with van der Waals surface area (Å²) in [5.41, 5.74) is 10.4. The predicted molar refractivity (Wildman–Crippen MR) is 277 cm³/mol. The number of nitrogens with one attached hydrogen (secondary N) is 2. The lowest BCUT2D eigenvalue weighted by Gasteiger charge is -2.36. The number of aryl methyl sites for hydroxylation is 1. The molecule has 4 amide bonds. The molecule has 2 fully saturated rings. The maximum absolute atomic E-state index is 14.3. The van der Waals surface area contributed by atoms with E-state index in [1.807, 2.05) is 76.7 Å². The van der Waals surface area contributed by atoms with Gasteiger partial charge in [0.25, 0.3) is 11.8 Å². The molecule has 0 aliphatic carbocycles. The van der Waals surface area contributed by atoms with Crippen molar-refractivity contribution in [3.8, 4) is 34.2 Å². The van der Waals surface area contributed by atoms with Crippen molar-refractivity contribution >= 4 is 41.0 Å². The van der Waals surface area contributed by atoms with Gasteiger partial charge in [0.2, 0.25) is 12.3 Å². The molecular formula is C56H76N8O7. The standard InChI is InChI=1S/C44H56N6O6.C12H20N2O/c1-9-49-37-18-17-31-23-33(37)34(40(49)32-15-11-19-45-38(32)28(4)55-8)24-44(5,6)25-56-43(54)35-16-12-20-50(47-35)42(53)36(22-29-13-10-14-30(31)21-29)46-41(52)39(27(2)3)48(7)26-51;1-12(2,13(3)4)8-7-11(15)14-9-5-6-10-14/h10-11,13-15,17-19,21,23,26-28,35-36,39,47H,9,12,16,20,22,24-25H2,1-8H3,(H,46,52);5-6,9-10H2,1-4H3/t28?,35-,36?,39?;/m0./s1. The van der Waals surface area contributed by atoms with Gasteiger partial charge < -0.3 is 29.2 Å². The molecule has 7 rings (SSSR count). The van der Waals surface area contributed by atoms with Gasteiger partial charge in [-0.05, 0) is 132 Å². The van der Waals surface area contributed by atoms with Crippen LogP contribution in [0.5, 0.6) is 0 Å². The lowest BCUT2D eigenvalue weighted by molar-refractivity contribution is -0.155. The van der Waals surface area contributed by atoms with Gasteiger partial charge in [-0.3, -0.25) is 38.9 Å². The molecule has 2 aromatic carbocycles. The maximum Gasteiger partial charge on any atom is 0.324 e. The Bertz CT molecular complexity index is 2620. The first kappa shape index (κ1) is 54.3. The fourth-order valence-corrected chi connectivity index (χ4v) is 9.58. The summed E-state index contributed by atoms with van der Waals surface area (Å²) in [6.45, 7) is 19.1. The number of carbonyl (C=O) groups is 5. The first-order valence-corrected chi connectivity index (χ1v) is 25.1. The molecule has 3 aliphatic heterocycles. The fourth-order valence-electron chi connectivity index (χ4n) is 9.58. The summed E-state index contributed by atoms with van der Waals surface area (Å²) >= 11 is 0. The predicted octanol–water partition coefficient (Wildman–Crippen LogP) is 6.81. The molecule has 0 radical (unpaired) electrons. The van der Waals surface area contributed by atoms with Gasteiger partial charge in [0, 0.05) is 74.8 Å². The quantitative estimate of drug-likeness (QED) is 0.0983. The first-order chi connectivity index (χ1) is 33.7. The number of benzene rings is 2. The van der Waals surface area contributed by atoms with Gasteiger partial charge in [-0.25, -0.2) is 5.43 Å². The average Bonchev–Trinajstić information content (AvgIpc) is 4.01. The molecule has 15 nitrogen and oxygen atoms in total. The second-order valence-electron chi connectivity index (χ2n) is 21.0. The van der Waals surface area contributed by atoms with E-state index in [1.54, 1.807) is 20.4 Å². The van der Waals surface area contributed by atoms with E-state index in [-0.39, 0.29) is 42.4 Å². The highest BCUT2D eigenvalue weighted by Gasteiger charge is 2.37. The SMILES string of the molecule is CCn1c(-c2cccnc2C(C)OC)c2c3cc(ccc31)-c1cccc(c1)CC(NC(=O)C(C(C)C)N(C)C=O)C(=O)N1CCC[C@H](N1)C(=O)OCC(C)(C)C2.CN(C)C(C)(C)C#CC(=O)N1CCCC1. The van der Waals surface area contributed by atoms with Crippen LogP contribution in [0.3, 0.4) is 0 Å². The molecule has 71 heavy (non-hydrogen) atoms. The number of amides is 4. The highest BCUT2D eigenvalue weighted by atomic mass is 16.5. The number of methoxy groups -OCH3 is 1. The van der Waals surface area contributed by atoms with Crippen LogP contribution in [0.4, 0.5) is 0 Å². The second kappa shape index (κ2) is 23.4. The molecule has 0 spiro atoms. The zero-order valence-electron chi connectivity index (χ0n) is 44.1. The number of carbonyl (C=O) groups excluding carboxylic acids is 5. The lowest BCUT2D eigenvalue weighted by atomic mass is 9.84. The summed E-state index contributed by atoms with van der Waals surface area (Å²) < 4.78 is 14.2. The van der Waals surface area contributed by atoms with Crippen LogP contribution >= 0.6 is 0 Å². The summed E-state index contributed by atoms with van der Waals surface area (Å²) in [7, 11) is 7.19. The Morgan fingerprint density at radius 2 is 1.73 bits per heavy atom. The number of hydrogen-bond acceptors (Lipinski definition) is 10. The zero-order chi connectivity index (χ0) is 51.8. The van der Waals surface area contributed by atoms with Crippen molar-refractivity contribution in [3.63, 3.8) is 0 Å². The number of ether oxygens (including phenoxy) is 2. The van der Waals surface area contributed by atoms with Gasteiger partial charge in [-0.1, -0.05) is 63.9 Å². The Morgan fingerprint density at radius 3 is 2.39 bits per heavy atom. The summed E-state index contributed by atoms with van der Waals surface area (Å²) in [4.78, 5) is 75.2. The number of hydrogen-bond donors (Lipinski definition) is 2. The van der Waals surface area contributed by atoms with Crippen LogP contribution in [-0.2, 0) is 52.8 Å². The normalized spacial score (nSPS) is 19.2. The summed E-state index contributed by atoms with van der Waals surface area (Å²) in [5, 5.41) is 5.52. The van der Waals surface area contributed by atoms with Crippen molar-refractivity contribution < 1.29 is 33.4 Å². The van der Waals surface area contributed by atoms with Crippen molar-refractivity contribution in [2.75, 3.05) is 54.5 Å². The molecule has 3 aliphatic rings. The van der Waals surface area contributed by atoms with Crippen LogP contribution in [0.1, 0.15) is 104 Å². The molecule has 0 saturated carbocycles. The van der Waals surface area contributed by atoms with E-state index in [0.29, 0.717) is 32.2 Å². The second-order valence-corrected chi connectivity index (χ2v) is 21.0. The molecule has 4 atom stereocenters. The minimum atomic E-state index is -0.975. The number of rotatable bonds is 10. The van der Waals surface area contributed by atoms with Crippen LogP contribution in [0, 0.1) is 23.2 Å². The Morgan fingerprint density at radius 1 is 1.01 bits per heavy atom. The largest absolute Gasteiger partial charge is 0.464 e. The third kappa shape index (κ3) is 12.9. The number of esters is 1. The Labute approximate surface area is 421 Å². The number of aromatic nitrogens is 2. The molecule has 4 aromatic rings. The molecule has 2 N–H and O–H groups in total. The molecule has 2 saturated heterocycles. The van der Waals surface area contributed by atoms with Crippen LogP contribution in [0.15, 0.2) is 60.8 Å². The van der Waals surface area contributed by atoms with Gasteiger partial charge in [-0.15, -0.1) is 0 Å². The third-order valence-corrected chi connectivity index (χ3v) is 14.1. The minimum absolute atomic E-state index is 0.0255. The number of pyridine rings is 1. The molecule has 15 heteroatoms. The van der Waals surface area contributed by atoms with Gasteiger partial charge in [0.05, 0.1) is 29.6 Å². The Balaban J connectivity index is 0.000000471. The molecule has 3 unspecified atom stereocenters. The average molecular weight is 973 g/mol. The van der Waals surface area contributed by atoms with Crippen LogP contribution < -0.4 is 10.7 Å².